The maximum absolute atomic E-state index is 11.0. The Balaban J connectivity index is 2.34. The number of fused-ring (bicyclic) bond motifs is 1. The summed E-state index contributed by atoms with van der Waals surface area (Å²) in [6, 6.07) is 6.64. The van der Waals surface area contributed by atoms with E-state index in [1.807, 2.05) is 0 Å². The van der Waals surface area contributed by atoms with Gasteiger partial charge in [-0.1, -0.05) is 0 Å². The van der Waals surface area contributed by atoms with Crippen molar-refractivity contribution in [1.82, 2.24) is 0 Å². The molecule has 0 unspecified atom stereocenters. The predicted molar refractivity (Wildman–Crippen MR) is 63.0 cm³/mol. The molecule has 2 rings (SSSR count). The van der Waals surface area contributed by atoms with E-state index in [-0.39, 0.29) is 5.75 Å². The lowest BCUT2D eigenvalue weighted by atomic mass is 9.88. The second-order valence-electron chi connectivity index (χ2n) is 4.80. The lowest BCUT2D eigenvalue weighted by molar-refractivity contribution is -0.147. The van der Waals surface area contributed by atoms with Gasteiger partial charge in [0.2, 0.25) is 0 Å². The summed E-state index contributed by atoms with van der Waals surface area (Å²) < 4.78 is 5.51. The topological polar surface area (TPSA) is 70.7 Å². The van der Waals surface area contributed by atoms with E-state index in [1.165, 1.54) is 6.07 Å². The van der Waals surface area contributed by atoms with Crippen LogP contribution in [0.2, 0.25) is 0 Å². The third kappa shape index (κ3) is 2.25. The zero-order chi connectivity index (χ0) is 12.6. The number of hydrogen-bond donors (Lipinski definition) is 2. The van der Waals surface area contributed by atoms with Crippen LogP contribution in [0.1, 0.15) is 19.6 Å². The minimum absolute atomic E-state index is 0.135. The average Bonchev–Trinajstić information content (AvgIpc) is 2.57. The van der Waals surface area contributed by atoms with Gasteiger partial charge in [0.15, 0.2) is 0 Å². The number of aromatic hydroxyl groups is 1. The number of benzene rings is 1. The summed E-state index contributed by atoms with van der Waals surface area (Å²) in [6.07, 6.45) is 0.317. The summed E-state index contributed by atoms with van der Waals surface area (Å²) in [5.74, 6) is -0.116. The number of furan rings is 1. The molecule has 1 aromatic heterocycles. The highest BCUT2D eigenvalue weighted by molar-refractivity contribution is 5.80. The first kappa shape index (κ1) is 11.5. The molecule has 0 aliphatic carbocycles. The van der Waals surface area contributed by atoms with Gasteiger partial charge >= 0.3 is 5.97 Å². The number of carbonyl (C=O) groups is 1. The van der Waals surface area contributed by atoms with Crippen molar-refractivity contribution < 1.29 is 19.4 Å². The van der Waals surface area contributed by atoms with Crippen LogP contribution in [0.4, 0.5) is 0 Å². The molecule has 0 radical (unpaired) electrons. The zero-order valence-corrected chi connectivity index (χ0v) is 9.73. The maximum Gasteiger partial charge on any atom is 0.309 e. The molecule has 0 saturated carbocycles. The third-order valence-corrected chi connectivity index (χ3v) is 2.75. The minimum atomic E-state index is -0.865. The van der Waals surface area contributed by atoms with Crippen molar-refractivity contribution in [3.05, 3.63) is 30.0 Å². The highest BCUT2D eigenvalue weighted by Gasteiger charge is 2.28. The van der Waals surface area contributed by atoms with E-state index in [0.717, 1.165) is 5.39 Å². The van der Waals surface area contributed by atoms with E-state index in [4.69, 9.17) is 9.52 Å². The highest BCUT2D eigenvalue weighted by Crippen LogP contribution is 2.28. The second kappa shape index (κ2) is 3.80. The smallest absolute Gasteiger partial charge is 0.309 e. The van der Waals surface area contributed by atoms with Gasteiger partial charge in [0, 0.05) is 17.9 Å². The monoisotopic (exact) mass is 234 g/mol. The lowest BCUT2D eigenvalue weighted by Crippen LogP contribution is -2.25. The molecule has 0 aliphatic rings. The van der Waals surface area contributed by atoms with Crippen molar-refractivity contribution in [3.63, 3.8) is 0 Å². The maximum atomic E-state index is 11.0. The van der Waals surface area contributed by atoms with Gasteiger partial charge in [-0.3, -0.25) is 4.79 Å². The van der Waals surface area contributed by atoms with Crippen LogP contribution in [0.15, 0.2) is 28.7 Å². The van der Waals surface area contributed by atoms with Crippen molar-refractivity contribution in [2.24, 2.45) is 5.41 Å². The standard InChI is InChI=1S/C13H14O4/c1-13(2,12(15)16)7-10-5-8-3-4-9(14)6-11(8)17-10/h3-6,14H,7H2,1-2H3,(H,15,16). The van der Waals surface area contributed by atoms with Gasteiger partial charge in [0.05, 0.1) is 5.41 Å². The molecule has 0 fully saturated rings. The third-order valence-electron chi connectivity index (χ3n) is 2.75. The van der Waals surface area contributed by atoms with Crippen LogP contribution in [-0.2, 0) is 11.2 Å². The van der Waals surface area contributed by atoms with Crippen LogP contribution in [0.5, 0.6) is 5.75 Å². The summed E-state index contributed by atoms with van der Waals surface area (Å²) in [5, 5.41) is 19.2. The molecule has 0 amide bonds. The van der Waals surface area contributed by atoms with E-state index >= 15 is 0 Å². The summed E-state index contributed by atoms with van der Waals surface area (Å²) >= 11 is 0. The fraction of sp³-hybridized carbons (Fsp3) is 0.308. The molecular weight excluding hydrogens is 220 g/mol. The Kier molecular flexibility index (Phi) is 2.58. The number of phenolic OH excluding ortho intramolecular Hbond substituents is 1. The fourth-order valence-electron chi connectivity index (χ4n) is 1.67. The molecular formula is C13H14O4. The Hall–Kier alpha value is -1.97. The number of hydrogen-bond acceptors (Lipinski definition) is 3. The second-order valence-corrected chi connectivity index (χ2v) is 4.80. The molecule has 1 heterocycles. The van der Waals surface area contributed by atoms with Gasteiger partial charge in [-0.15, -0.1) is 0 Å². The van der Waals surface area contributed by atoms with Gasteiger partial charge < -0.3 is 14.6 Å². The molecule has 0 saturated heterocycles. The number of carboxylic acids is 1. The zero-order valence-electron chi connectivity index (χ0n) is 9.73. The minimum Gasteiger partial charge on any atom is -0.508 e. The molecule has 0 aliphatic heterocycles. The van der Waals surface area contributed by atoms with E-state index in [2.05, 4.69) is 0 Å². The SMILES string of the molecule is CC(C)(Cc1cc2ccc(O)cc2o1)C(=O)O. The molecule has 2 aromatic rings. The molecule has 2 N–H and O–H groups in total. The van der Waals surface area contributed by atoms with Crippen molar-refractivity contribution in [3.8, 4) is 5.75 Å². The Morgan fingerprint density at radius 2 is 2.06 bits per heavy atom. The van der Waals surface area contributed by atoms with Crippen LogP contribution in [0.25, 0.3) is 11.0 Å². The molecule has 0 bridgehead atoms. The van der Waals surface area contributed by atoms with E-state index < -0.39 is 11.4 Å². The highest BCUT2D eigenvalue weighted by atomic mass is 16.4. The first-order chi connectivity index (χ1) is 7.88. The summed E-state index contributed by atoms with van der Waals surface area (Å²) in [7, 11) is 0. The number of aliphatic carboxylic acids is 1. The Morgan fingerprint density at radius 1 is 1.35 bits per heavy atom. The molecule has 0 spiro atoms. The van der Waals surface area contributed by atoms with Crippen molar-refractivity contribution in [2.45, 2.75) is 20.3 Å². The molecule has 1 aromatic carbocycles. The lowest BCUT2D eigenvalue weighted by Gasteiger charge is -2.16. The van der Waals surface area contributed by atoms with Crippen LogP contribution < -0.4 is 0 Å². The van der Waals surface area contributed by atoms with Crippen LogP contribution in [0.3, 0.4) is 0 Å². The largest absolute Gasteiger partial charge is 0.508 e. The van der Waals surface area contributed by atoms with Crippen LogP contribution in [0, 0.1) is 5.41 Å². The molecule has 90 valence electrons. The molecule has 17 heavy (non-hydrogen) atoms. The van der Waals surface area contributed by atoms with Gasteiger partial charge in [-0.25, -0.2) is 0 Å². The molecule has 4 heteroatoms. The number of phenols is 1. The Morgan fingerprint density at radius 3 is 2.71 bits per heavy atom. The van der Waals surface area contributed by atoms with Crippen molar-refractivity contribution in [1.29, 1.82) is 0 Å². The first-order valence-electron chi connectivity index (χ1n) is 5.33. The molecule has 0 atom stereocenters. The van der Waals surface area contributed by atoms with Crippen LogP contribution >= 0.6 is 0 Å². The summed E-state index contributed by atoms with van der Waals surface area (Å²) in [6.45, 7) is 3.31. The number of rotatable bonds is 3. The fourth-order valence-corrected chi connectivity index (χ4v) is 1.67. The van der Waals surface area contributed by atoms with Crippen molar-refractivity contribution in [2.75, 3.05) is 0 Å². The van der Waals surface area contributed by atoms with E-state index in [0.29, 0.717) is 17.8 Å². The van der Waals surface area contributed by atoms with Gasteiger partial charge in [0.25, 0.3) is 0 Å². The predicted octanol–water partition coefficient (Wildman–Crippen LogP) is 2.79. The van der Waals surface area contributed by atoms with Crippen LogP contribution in [-0.4, -0.2) is 16.2 Å². The van der Waals surface area contributed by atoms with E-state index in [1.54, 1.807) is 32.0 Å². The van der Waals surface area contributed by atoms with E-state index in [9.17, 15) is 9.90 Å². The van der Waals surface area contributed by atoms with Crippen molar-refractivity contribution >= 4 is 16.9 Å². The average molecular weight is 234 g/mol. The quantitative estimate of drug-likeness (QED) is 0.856. The van der Waals surface area contributed by atoms with Gasteiger partial charge in [-0.2, -0.15) is 0 Å². The summed E-state index contributed by atoms with van der Waals surface area (Å²) in [4.78, 5) is 11.0. The summed E-state index contributed by atoms with van der Waals surface area (Å²) in [5.41, 5.74) is -0.295. The number of carboxylic acid groups (broad SMARTS) is 1. The van der Waals surface area contributed by atoms with Gasteiger partial charge in [-0.05, 0) is 32.0 Å². The normalized spacial score (nSPS) is 11.9. The Labute approximate surface area is 98.5 Å². The van der Waals surface area contributed by atoms with Gasteiger partial charge in [0.1, 0.15) is 17.1 Å². The Bertz CT molecular complexity index is 566. The first-order valence-corrected chi connectivity index (χ1v) is 5.33. The molecule has 4 nitrogen and oxygen atoms in total.